The predicted octanol–water partition coefficient (Wildman–Crippen LogP) is 2.42. The van der Waals surface area contributed by atoms with Gasteiger partial charge in [-0.3, -0.25) is 4.79 Å². The molecule has 3 nitrogen and oxygen atoms in total. The van der Waals surface area contributed by atoms with Crippen molar-refractivity contribution < 1.29 is 13.2 Å². The molecule has 1 aromatic heterocycles. The van der Waals surface area contributed by atoms with Crippen LogP contribution < -0.4 is 10.9 Å². The lowest BCUT2D eigenvalue weighted by atomic mass is 10.2. The van der Waals surface area contributed by atoms with Crippen LogP contribution >= 0.6 is 0 Å². The van der Waals surface area contributed by atoms with E-state index in [0.29, 0.717) is 12.1 Å². The number of halogens is 3. The summed E-state index contributed by atoms with van der Waals surface area (Å²) >= 11 is 0. The molecule has 0 atom stereocenters. The molecule has 0 unspecified atom stereocenters. The molecule has 1 rings (SSSR count). The standard InChI is InChI=1S/C13H17F3N2O/c1-3-6-17-7-10(2)8-18-9-11(13(14,15)16)4-5-12(18)19/h4-5,9,17H,2-3,6-8H2,1H3. The second kappa shape index (κ2) is 6.56. The Labute approximate surface area is 109 Å². The topological polar surface area (TPSA) is 34.0 Å². The molecule has 0 bridgehead atoms. The van der Waals surface area contributed by atoms with E-state index in [1.165, 1.54) is 0 Å². The van der Waals surface area contributed by atoms with E-state index in [1.807, 2.05) is 6.92 Å². The lowest BCUT2D eigenvalue weighted by molar-refractivity contribution is -0.138. The van der Waals surface area contributed by atoms with Gasteiger partial charge in [0.05, 0.1) is 5.56 Å². The van der Waals surface area contributed by atoms with E-state index in [1.54, 1.807) is 0 Å². The van der Waals surface area contributed by atoms with Crippen molar-refractivity contribution in [1.29, 1.82) is 0 Å². The van der Waals surface area contributed by atoms with Crippen molar-refractivity contribution in [2.75, 3.05) is 13.1 Å². The predicted molar refractivity (Wildman–Crippen MR) is 68.0 cm³/mol. The minimum Gasteiger partial charge on any atom is -0.313 e. The quantitative estimate of drug-likeness (QED) is 0.638. The van der Waals surface area contributed by atoms with Gasteiger partial charge in [0.2, 0.25) is 0 Å². The monoisotopic (exact) mass is 274 g/mol. The maximum Gasteiger partial charge on any atom is 0.417 e. The molecule has 106 valence electrons. The molecule has 0 radical (unpaired) electrons. The fourth-order valence-electron chi connectivity index (χ4n) is 1.56. The van der Waals surface area contributed by atoms with Gasteiger partial charge in [0.1, 0.15) is 0 Å². The summed E-state index contributed by atoms with van der Waals surface area (Å²) in [6.07, 6.45) is -2.67. The lowest BCUT2D eigenvalue weighted by Crippen LogP contribution is -2.25. The molecule has 0 saturated carbocycles. The summed E-state index contributed by atoms with van der Waals surface area (Å²) in [4.78, 5) is 11.5. The minimum absolute atomic E-state index is 0.0828. The van der Waals surface area contributed by atoms with E-state index in [4.69, 9.17) is 0 Å². The Bertz CT molecular complexity index is 491. The van der Waals surface area contributed by atoms with Crippen molar-refractivity contribution in [2.24, 2.45) is 0 Å². The van der Waals surface area contributed by atoms with E-state index < -0.39 is 17.3 Å². The summed E-state index contributed by atoms with van der Waals surface area (Å²) in [5.74, 6) is 0. The van der Waals surface area contributed by atoms with Crippen LogP contribution in [0, 0.1) is 0 Å². The normalized spacial score (nSPS) is 11.6. The van der Waals surface area contributed by atoms with Crippen LogP contribution in [0.4, 0.5) is 13.2 Å². The molecule has 0 amide bonds. The van der Waals surface area contributed by atoms with Crippen LogP contribution in [0.3, 0.4) is 0 Å². The van der Waals surface area contributed by atoms with Gasteiger partial charge in [-0.05, 0) is 24.6 Å². The Morgan fingerprint density at radius 1 is 1.42 bits per heavy atom. The number of hydrogen-bond donors (Lipinski definition) is 1. The van der Waals surface area contributed by atoms with Gasteiger partial charge in [-0.1, -0.05) is 13.5 Å². The van der Waals surface area contributed by atoms with Gasteiger partial charge in [-0.2, -0.15) is 13.2 Å². The molecule has 1 N–H and O–H groups in total. The highest BCUT2D eigenvalue weighted by atomic mass is 19.4. The second-order valence-electron chi connectivity index (χ2n) is 4.31. The first-order valence-electron chi connectivity index (χ1n) is 5.99. The van der Waals surface area contributed by atoms with Crippen molar-refractivity contribution in [3.05, 3.63) is 46.4 Å². The zero-order valence-corrected chi connectivity index (χ0v) is 10.8. The van der Waals surface area contributed by atoms with Crippen molar-refractivity contribution >= 4 is 0 Å². The van der Waals surface area contributed by atoms with Crippen LogP contribution in [0.5, 0.6) is 0 Å². The van der Waals surface area contributed by atoms with Gasteiger partial charge in [0.25, 0.3) is 5.56 Å². The van der Waals surface area contributed by atoms with Crippen LogP contribution in [-0.2, 0) is 12.7 Å². The average molecular weight is 274 g/mol. The third-order valence-corrected chi connectivity index (χ3v) is 2.51. The smallest absolute Gasteiger partial charge is 0.313 e. The highest BCUT2D eigenvalue weighted by Crippen LogP contribution is 2.28. The molecule has 6 heteroatoms. The summed E-state index contributed by atoms with van der Waals surface area (Å²) in [7, 11) is 0. The molecular weight excluding hydrogens is 257 g/mol. The molecule has 1 aromatic rings. The van der Waals surface area contributed by atoms with Crippen molar-refractivity contribution in [2.45, 2.75) is 26.1 Å². The molecule has 0 aliphatic carbocycles. The van der Waals surface area contributed by atoms with Gasteiger partial charge in [-0.25, -0.2) is 0 Å². The number of hydrogen-bond acceptors (Lipinski definition) is 2. The zero-order valence-electron chi connectivity index (χ0n) is 10.8. The van der Waals surface area contributed by atoms with Crippen molar-refractivity contribution in [1.82, 2.24) is 9.88 Å². The Morgan fingerprint density at radius 3 is 2.68 bits per heavy atom. The number of nitrogens with zero attached hydrogens (tertiary/aromatic N) is 1. The Morgan fingerprint density at radius 2 is 2.11 bits per heavy atom. The first-order valence-corrected chi connectivity index (χ1v) is 5.99. The average Bonchev–Trinajstić information content (AvgIpc) is 2.31. The first-order chi connectivity index (χ1) is 8.84. The number of aromatic nitrogens is 1. The van der Waals surface area contributed by atoms with Gasteiger partial charge >= 0.3 is 6.18 Å². The molecule has 0 aromatic carbocycles. The van der Waals surface area contributed by atoms with E-state index >= 15 is 0 Å². The van der Waals surface area contributed by atoms with Gasteiger partial charge < -0.3 is 9.88 Å². The van der Waals surface area contributed by atoms with E-state index in [0.717, 1.165) is 35.9 Å². The summed E-state index contributed by atoms with van der Waals surface area (Å²) in [6.45, 7) is 7.13. The Hall–Kier alpha value is -1.56. The minimum atomic E-state index is -4.45. The maximum absolute atomic E-state index is 12.5. The summed E-state index contributed by atoms with van der Waals surface area (Å²) in [6, 6.07) is 1.71. The fraction of sp³-hybridized carbons (Fsp3) is 0.462. The van der Waals surface area contributed by atoms with Gasteiger partial charge in [0, 0.05) is 25.4 Å². The van der Waals surface area contributed by atoms with Gasteiger partial charge in [0.15, 0.2) is 0 Å². The molecular formula is C13H17F3N2O. The number of rotatable bonds is 6. The van der Waals surface area contributed by atoms with Crippen LogP contribution in [0.25, 0.3) is 0 Å². The van der Waals surface area contributed by atoms with Crippen LogP contribution in [0.15, 0.2) is 35.3 Å². The van der Waals surface area contributed by atoms with E-state index in [2.05, 4.69) is 11.9 Å². The first kappa shape index (κ1) is 15.5. The van der Waals surface area contributed by atoms with Gasteiger partial charge in [-0.15, -0.1) is 0 Å². The highest BCUT2D eigenvalue weighted by molar-refractivity contribution is 5.14. The molecule has 0 spiro atoms. The van der Waals surface area contributed by atoms with Crippen LogP contribution in [0.2, 0.25) is 0 Å². The Balaban J connectivity index is 2.78. The van der Waals surface area contributed by atoms with Crippen LogP contribution in [0.1, 0.15) is 18.9 Å². The van der Waals surface area contributed by atoms with Crippen molar-refractivity contribution in [3.8, 4) is 0 Å². The SMILES string of the molecule is C=C(CNCCC)Cn1cc(C(F)(F)F)ccc1=O. The third kappa shape index (κ3) is 4.90. The molecule has 0 aliphatic heterocycles. The number of nitrogens with one attached hydrogen (secondary N) is 1. The van der Waals surface area contributed by atoms with E-state index in [-0.39, 0.29) is 6.54 Å². The third-order valence-electron chi connectivity index (χ3n) is 2.51. The second-order valence-corrected chi connectivity index (χ2v) is 4.31. The summed E-state index contributed by atoms with van der Waals surface area (Å²) in [5, 5.41) is 3.08. The zero-order chi connectivity index (χ0) is 14.5. The fourth-order valence-corrected chi connectivity index (χ4v) is 1.56. The molecule has 0 saturated heterocycles. The van der Waals surface area contributed by atoms with Crippen molar-refractivity contribution in [3.63, 3.8) is 0 Å². The summed E-state index contributed by atoms with van der Waals surface area (Å²) < 4.78 is 38.6. The Kier molecular flexibility index (Phi) is 5.35. The molecule has 19 heavy (non-hydrogen) atoms. The van der Waals surface area contributed by atoms with E-state index in [9.17, 15) is 18.0 Å². The number of pyridine rings is 1. The highest BCUT2D eigenvalue weighted by Gasteiger charge is 2.30. The summed E-state index contributed by atoms with van der Waals surface area (Å²) in [5.41, 5.74) is -0.638. The largest absolute Gasteiger partial charge is 0.417 e. The molecule has 0 fully saturated rings. The molecule has 0 aliphatic rings. The molecule has 1 heterocycles. The maximum atomic E-state index is 12.5. The lowest BCUT2D eigenvalue weighted by Gasteiger charge is -2.12. The number of alkyl halides is 3. The van der Waals surface area contributed by atoms with Crippen LogP contribution in [-0.4, -0.2) is 17.7 Å².